The number of unbranched alkanes of at least 4 members (excludes halogenated alkanes) is 6. The average Bonchev–Trinajstić information content (AvgIpc) is 2.39. The largest absolute Gasteiger partial charge is 0.328 e. The van der Waals surface area contributed by atoms with Gasteiger partial charge in [0.25, 0.3) is 0 Å². The number of hydrogen-bond acceptors (Lipinski definition) is 3. The molecular formula is C15H26O3PPb. The van der Waals surface area contributed by atoms with Gasteiger partial charge >= 0.3 is 126 Å². The molecule has 3 radical (unpaired) electrons. The van der Waals surface area contributed by atoms with E-state index in [4.69, 9.17) is 14.7 Å². The third-order valence-electron chi connectivity index (χ3n) is 3.07. The molecule has 20 heavy (non-hydrogen) atoms. The summed E-state index contributed by atoms with van der Waals surface area (Å²) in [4.78, 5) is 21.7. The third-order valence-corrected chi connectivity index (χ3v) is 4.96. The van der Waals surface area contributed by atoms with Crippen LogP contribution in [0.1, 0.15) is 57.4 Å². The van der Waals surface area contributed by atoms with Crippen LogP contribution in [0, 0.1) is 0 Å². The Morgan fingerprint density at radius 3 is 1.95 bits per heavy atom. The van der Waals surface area contributed by atoms with Gasteiger partial charge < -0.3 is 14.7 Å². The fourth-order valence-electron chi connectivity index (χ4n) is 2.01. The van der Waals surface area contributed by atoms with Crippen LogP contribution in [0.2, 0.25) is 0 Å². The Kier molecular flexibility index (Phi) is 14.7. The number of aryl methyl sites for hydroxylation is 1. The van der Waals surface area contributed by atoms with Gasteiger partial charge in [-0.2, -0.15) is 0 Å². The van der Waals surface area contributed by atoms with Gasteiger partial charge in [0.1, 0.15) is 0 Å². The zero-order valence-electron chi connectivity index (χ0n) is 12.3. The van der Waals surface area contributed by atoms with Crippen LogP contribution in [0.3, 0.4) is 0 Å². The van der Waals surface area contributed by atoms with E-state index in [0.717, 1.165) is 0 Å². The van der Waals surface area contributed by atoms with Crippen LogP contribution in [-0.2, 0) is 6.42 Å². The van der Waals surface area contributed by atoms with Crippen LogP contribution in [0.4, 0.5) is 0 Å². The average molecular weight is 493 g/mol. The Bertz CT molecular complexity index is 332. The van der Waals surface area contributed by atoms with Gasteiger partial charge in [-0.1, -0.05) is 0 Å². The van der Waals surface area contributed by atoms with Crippen molar-refractivity contribution in [2.45, 2.75) is 58.3 Å². The monoisotopic (exact) mass is 493 g/mol. The first-order valence-corrected chi connectivity index (χ1v) is 10.4. The molecule has 0 saturated heterocycles. The molecule has 0 bridgehead atoms. The molecule has 1 aromatic carbocycles. The van der Waals surface area contributed by atoms with Gasteiger partial charge in [0, 0.05) is 0 Å². The second-order valence-corrected chi connectivity index (χ2v) is 7.43. The van der Waals surface area contributed by atoms with Crippen molar-refractivity contribution < 1.29 is 14.7 Å². The minimum atomic E-state index is -2.62. The molecule has 0 amide bonds. The van der Waals surface area contributed by atoms with Crippen molar-refractivity contribution in [3.8, 4) is 0 Å². The minimum Gasteiger partial charge on any atom is -0.328 e. The minimum absolute atomic E-state index is 1.20. The van der Waals surface area contributed by atoms with Crippen molar-refractivity contribution >= 4 is 37.5 Å². The molecule has 0 aromatic heterocycles. The number of benzene rings is 1. The summed E-state index contributed by atoms with van der Waals surface area (Å²) < 4.78 is 1.59. The predicted octanol–water partition coefficient (Wildman–Crippen LogP) is 2.96. The van der Waals surface area contributed by atoms with Gasteiger partial charge in [0.05, 0.1) is 0 Å². The molecule has 0 aliphatic carbocycles. The fourth-order valence-corrected chi connectivity index (χ4v) is 3.19. The second kappa shape index (κ2) is 14.4. The van der Waals surface area contributed by atoms with Gasteiger partial charge in [0.2, 0.25) is 0 Å². The molecule has 0 heterocycles. The van der Waals surface area contributed by atoms with Crippen LogP contribution < -0.4 is 3.12 Å². The molecule has 0 atom stereocenters. The van der Waals surface area contributed by atoms with Crippen molar-refractivity contribution in [1.82, 2.24) is 0 Å². The van der Waals surface area contributed by atoms with Gasteiger partial charge in [-0.3, -0.25) is 0 Å². The van der Waals surface area contributed by atoms with Crippen LogP contribution in [0.25, 0.3) is 0 Å². The van der Waals surface area contributed by atoms with Crippen LogP contribution in [0.5, 0.6) is 0 Å². The van der Waals surface area contributed by atoms with Gasteiger partial charge in [-0.05, 0) is 0 Å². The maximum atomic E-state index is 7.23. The molecule has 5 heteroatoms. The predicted molar refractivity (Wildman–Crippen MR) is 87.1 cm³/mol. The molecule has 0 spiro atoms. The molecule has 3 nitrogen and oxygen atoms in total. The Balaban J connectivity index is 0.000000796. The smallest absolute Gasteiger partial charge is 0.324 e. The summed E-state index contributed by atoms with van der Waals surface area (Å²) in [5, 5.41) is 0. The summed E-state index contributed by atoms with van der Waals surface area (Å²) in [6.07, 6.45) is 11.2. The van der Waals surface area contributed by atoms with E-state index in [0.29, 0.717) is 0 Å². The van der Waals surface area contributed by atoms with E-state index in [9.17, 15) is 0 Å². The molecular weight excluding hydrogens is 466 g/mol. The van der Waals surface area contributed by atoms with E-state index in [1.165, 1.54) is 77.1 Å². The number of hydrogen-bond donors (Lipinski definition) is 3. The van der Waals surface area contributed by atoms with Crippen molar-refractivity contribution in [2.24, 2.45) is 0 Å². The summed E-state index contributed by atoms with van der Waals surface area (Å²) in [5.41, 5.74) is 1.60. The summed E-state index contributed by atoms with van der Waals surface area (Å²) in [5.74, 6) is 0. The van der Waals surface area contributed by atoms with Gasteiger partial charge in [-0.25, -0.2) is 0 Å². The SMILES string of the molecule is CCCCCCCCCc1cccc[c]1[Pb].OP(O)O. The third kappa shape index (κ3) is 13.4. The standard InChI is InChI=1S/C15H23.H3O3P.Pb/c1-2-3-4-5-6-7-9-12-15-13-10-8-11-14-15;1-4(2)3;/h8,10-11,13H,2-7,9,12H2,1H3;1-3H;. The molecule has 0 aliphatic rings. The van der Waals surface area contributed by atoms with E-state index in [1.54, 1.807) is 8.69 Å². The Labute approximate surface area is 140 Å². The second-order valence-electron chi connectivity index (χ2n) is 4.80. The molecule has 0 fully saturated rings. The molecule has 1 aromatic rings. The van der Waals surface area contributed by atoms with E-state index in [-0.39, 0.29) is 0 Å². The summed E-state index contributed by atoms with van der Waals surface area (Å²) >= 11 is 1.20. The van der Waals surface area contributed by atoms with Gasteiger partial charge in [0.15, 0.2) is 0 Å². The summed E-state index contributed by atoms with van der Waals surface area (Å²) in [6, 6.07) is 8.93. The summed E-state index contributed by atoms with van der Waals surface area (Å²) in [7, 11) is -2.62. The van der Waals surface area contributed by atoms with E-state index >= 15 is 0 Å². The Morgan fingerprint density at radius 1 is 0.900 bits per heavy atom. The van der Waals surface area contributed by atoms with Gasteiger partial charge in [-0.15, -0.1) is 0 Å². The van der Waals surface area contributed by atoms with E-state index in [2.05, 4.69) is 31.2 Å². The van der Waals surface area contributed by atoms with E-state index in [1.807, 2.05) is 0 Å². The van der Waals surface area contributed by atoms with Crippen molar-refractivity contribution in [3.63, 3.8) is 0 Å². The van der Waals surface area contributed by atoms with Crippen molar-refractivity contribution in [2.75, 3.05) is 0 Å². The first-order chi connectivity index (χ1) is 9.57. The number of rotatable bonds is 8. The van der Waals surface area contributed by atoms with Crippen LogP contribution >= 0.6 is 8.60 Å². The summed E-state index contributed by atoms with van der Waals surface area (Å²) in [6.45, 7) is 2.28. The molecule has 113 valence electrons. The zero-order valence-corrected chi connectivity index (χ0v) is 17.0. The Morgan fingerprint density at radius 2 is 1.40 bits per heavy atom. The molecule has 3 N–H and O–H groups in total. The Hall–Kier alpha value is 0.452. The zero-order chi connectivity index (χ0) is 15.2. The quantitative estimate of drug-likeness (QED) is 0.297. The molecule has 0 unspecified atom stereocenters. The maximum Gasteiger partial charge on any atom is 0.324 e. The van der Waals surface area contributed by atoms with Crippen LogP contribution in [0.15, 0.2) is 24.3 Å². The van der Waals surface area contributed by atoms with Crippen molar-refractivity contribution in [1.29, 1.82) is 0 Å². The van der Waals surface area contributed by atoms with E-state index < -0.39 is 8.60 Å². The first kappa shape index (κ1) is 20.5. The topological polar surface area (TPSA) is 60.7 Å². The van der Waals surface area contributed by atoms with Crippen molar-refractivity contribution in [3.05, 3.63) is 29.8 Å². The fraction of sp³-hybridized carbons (Fsp3) is 0.600. The normalized spacial score (nSPS) is 10.3. The molecule has 0 aliphatic heterocycles. The van der Waals surface area contributed by atoms with Crippen LogP contribution in [-0.4, -0.2) is 40.4 Å². The maximum absolute atomic E-state index is 7.23. The first-order valence-electron chi connectivity index (χ1n) is 7.24. The molecule has 1 rings (SSSR count). The molecule has 0 saturated carbocycles.